The summed E-state index contributed by atoms with van der Waals surface area (Å²) in [6.07, 6.45) is 0. The Morgan fingerprint density at radius 3 is 2.40 bits per heavy atom. The van der Waals surface area contributed by atoms with E-state index in [2.05, 4.69) is 4.74 Å². The Bertz CT molecular complexity index is 142. The van der Waals surface area contributed by atoms with Gasteiger partial charge in [0, 0.05) is 0 Å². The molecule has 0 aliphatic heterocycles. The predicted octanol–water partition coefficient (Wildman–Crippen LogP) is 0.746. The molecule has 0 heterocycles. The van der Waals surface area contributed by atoms with E-state index in [-0.39, 0.29) is 6.61 Å². The van der Waals surface area contributed by atoms with E-state index in [4.69, 9.17) is 11.6 Å². The Morgan fingerprint density at radius 1 is 1.60 bits per heavy atom. The normalized spacial score (nSPS) is 12.3. The van der Waals surface area contributed by atoms with E-state index in [1.807, 2.05) is 0 Å². The van der Waals surface area contributed by atoms with Crippen molar-refractivity contribution in [3.05, 3.63) is 0 Å². The van der Waals surface area contributed by atoms with Crippen LogP contribution >= 0.6 is 11.6 Å². The van der Waals surface area contributed by atoms with Crippen LogP contribution in [0.15, 0.2) is 0 Å². The summed E-state index contributed by atoms with van der Waals surface area (Å²) in [6.45, 7) is 3.26. The predicted molar refractivity (Wildman–Crippen MR) is 37.0 cm³/mol. The van der Waals surface area contributed by atoms with Crippen LogP contribution in [0.2, 0.25) is 0 Å². The first-order chi connectivity index (χ1) is 4.59. The topological polar surface area (TPSA) is 43.4 Å². The molecule has 0 aromatic carbocycles. The van der Waals surface area contributed by atoms with Gasteiger partial charge in [-0.3, -0.25) is 4.79 Å². The van der Waals surface area contributed by atoms with Gasteiger partial charge in [-0.2, -0.15) is 0 Å². The molecule has 0 aliphatic carbocycles. The molecule has 0 radical (unpaired) electrons. The first-order valence-electron chi connectivity index (χ1n) is 2.94. The van der Waals surface area contributed by atoms with E-state index in [0.717, 1.165) is 0 Å². The van der Waals surface area contributed by atoms with Crippen LogP contribution in [-0.2, 0) is 14.3 Å². The van der Waals surface area contributed by atoms with Gasteiger partial charge in [-0.05, 0) is 13.8 Å². The van der Waals surface area contributed by atoms with Gasteiger partial charge in [0.1, 0.15) is 5.38 Å². The van der Waals surface area contributed by atoms with E-state index in [1.165, 1.54) is 6.92 Å². The fourth-order valence-corrected chi connectivity index (χ4v) is 0.454. The molecular weight excluding hydrogens is 156 g/mol. The summed E-state index contributed by atoms with van der Waals surface area (Å²) in [4.78, 5) is 21.2. The van der Waals surface area contributed by atoms with Crippen molar-refractivity contribution in [1.82, 2.24) is 0 Å². The number of carbonyl (C=O) groups is 2. The average Bonchev–Trinajstić information content (AvgIpc) is 1.87. The highest BCUT2D eigenvalue weighted by Crippen LogP contribution is 1.96. The SMILES string of the molecule is CCOC(=O)C(=O)[C@H](C)Cl. The van der Waals surface area contributed by atoms with Gasteiger partial charge in [0.2, 0.25) is 0 Å². The fraction of sp³-hybridized carbons (Fsp3) is 0.667. The third kappa shape index (κ3) is 2.82. The summed E-state index contributed by atoms with van der Waals surface area (Å²) in [6, 6.07) is 0. The summed E-state index contributed by atoms with van der Waals surface area (Å²) >= 11 is 5.31. The quantitative estimate of drug-likeness (QED) is 0.351. The van der Waals surface area contributed by atoms with Crippen molar-refractivity contribution in [2.45, 2.75) is 19.2 Å². The first-order valence-corrected chi connectivity index (χ1v) is 3.38. The maximum absolute atomic E-state index is 10.6. The second-order valence-corrected chi connectivity index (χ2v) is 2.36. The lowest BCUT2D eigenvalue weighted by Gasteiger charge is -2.00. The molecule has 0 amide bonds. The first kappa shape index (κ1) is 9.43. The van der Waals surface area contributed by atoms with Gasteiger partial charge in [0.25, 0.3) is 5.78 Å². The molecule has 0 spiro atoms. The molecule has 0 saturated heterocycles. The van der Waals surface area contributed by atoms with Crippen LogP contribution in [0.5, 0.6) is 0 Å². The Hall–Kier alpha value is -0.570. The number of ketones is 1. The van der Waals surface area contributed by atoms with E-state index in [1.54, 1.807) is 6.92 Å². The standard InChI is InChI=1S/C6H9ClO3/c1-3-10-6(9)5(8)4(2)7/h4H,3H2,1-2H3/t4-/m0/s1. The second-order valence-electron chi connectivity index (χ2n) is 1.70. The number of hydrogen-bond acceptors (Lipinski definition) is 3. The molecule has 0 aromatic heterocycles. The Kier molecular flexibility index (Phi) is 4.03. The highest BCUT2D eigenvalue weighted by molar-refractivity contribution is 6.47. The molecule has 0 fully saturated rings. The minimum absolute atomic E-state index is 0.203. The van der Waals surface area contributed by atoms with E-state index in [9.17, 15) is 9.59 Å². The summed E-state index contributed by atoms with van der Waals surface area (Å²) < 4.78 is 4.39. The number of carbonyl (C=O) groups excluding carboxylic acids is 2. The Morgan fingerprint density at radius 2 is 2.10 bits per heavy atom. The largest absolute Gasteiger partial charge is 0.460 e. The van der Waals surface area contributed by atoms with Crippen molar-refractivity contribution < 1.29 is 14.3 Å². The maximum atomic E-state index is 10.6. The zero-order valence-electron chi connectivity index (χ0n) is 5.89. The number of rotatable bonds is 3. The van der Waals surface area contributed by atoms with Crippen LogP contribution in [0.25, 0.3) is 0 Å². The molecule has 0 N–H and O–H groups in total. The van der Waals surface area contributed by atoms with E-state index in [0.29, 0.717) is 0 Å². The average molecular weight is 165 g/mol. The minimum Gasteiger partial charge on any atom is -0.460 e. The molecule has 0 aliphatic rings. The minimum atomic E-state index is -0.856. The van der Waals surface area contributed by atoms with Crippen LogP contribution in [-0.4, -0.2) is 23.7 Å². The number of hydrogen-bond donors (Lipinski definition) is 0. The van der Waals surface area contributed by atoms with Gasteiger partial charge < -0.3 is 4.74 Å². The van der Waals surface area contributed by atoms with Gasteiger partial charge in [0.05, 0.1) is 6.61 Å². The number of ether oxygens (including phenoxy) is 1. The number of Topliss-reactive ketones (excluding diaryl/α,β-unsaturated/α-hetero) is 1. The molecule has 1 atom stereocenters. The van der Waals surface area contributed by atoms with Gasteiger partial charge in [0.15, 0.2) is 0 Å². The number of halogens is 1. The molecule has 4 heteroatoms. The van der Waals surface area contributed by atoms with E-state index >= 15 is 0 Å². The van der Waals surface area contributed by atoms with Crippen LogP contribution in [0.1, 0.15) is 13.8 Å². The summed E-state index contributed by atoms with van der Waals surface area (Å²) in [5, 5.41) is -0.793. The third-order valence-electron chi connectivity index (χ3n) is 0.838. The van der Waals surface area contributed by atoms with Crippen molar-refractivity contribution in [1.29, 1.82) is 0 Å². The smallest absolute Gasteiger partial charge is 0.376 e. The number of esters is 1. The van der Waals surface area contributed by atoms with Crippen molar-refractivity contribution in [2.75, 3.05) is 6.61 Å². The maximum Gasteiger partial charge on any atom is 0.376 e. The van der Waals surface area contributed by atoms with Crippen LogP contribution in [0.4, 0.5) is 0 Å². The van der Waals surface area contributed by atoms with Gasteiger partial charge >= 0.3 is 5.97 Å². The third-order valence-corrected chi connectivity index (χ3v) is 1.04. The molecule has 0 aromatic rings. The highest BCUT2D eigenvalue weighted by Gasteiger charge is 2.19. The summed E-state index contributed by atoms with van der Waals surface area (Å²) in [5.41, 5.74) is 0. The highest BCUT2D eigenvalue weighted by atomic mass is 35.5. The molecular formula is C6H9ClO3. The van der Waals surface area contributed by atoms with Gasteiger partial charge in [-0.1, -0.05) is 0 Å². The summed E-state index contributed by atoms with van der Waals surface area (Å²) in [7, 11) is 0. The molecule has 58 valence electrons. The lowest BCUT2D eigenvalue weighted by atomic mass is 10.3. The molecule has 0 unspecified atom stereocenters. The number of alkyl halides is 1. The van der Waals surface area contributed by atoms with Crippen molar-refractivity contribution in [3.8, 4) is 0 Å². The molecule has 0 rings (SSSR count). The van der Waals surface area contributed by atoms with Crippen LogP contribution in [0.3, 0.4) is 0 Å². The van der Waals surface area contributed by atoms with Crippen molar-refractivity contribution in [2.24, 2.45) is 0 Å². The molecule has 3 nitrogen and oxygen atoms in total. The molecule has 0 saturated carbocycles. The summed E-state index contributed by atoms with van der Waals surface area (Å²) in [5.74, 6) is -1.55. The van der Waals surface area contributed by atoms with Gasteiger partial charge in [-0.15, -0.1) is 11.6 Å². The van der Waals surface area contributed by atoms with Crippen LogP contribution in [0, 0.1) is 0 Å². The Balaban J connectivity index is 3.83. The molecule has 0 bridgehead atoms. The van der Waals surface area contributed by atoms with E-state index < -0.39 is 17.1 Å². The molecule has 10 heavy (non-hydrogen) atoms. The lowest BCUT2D eigenvalue weighted by Crippen LogP contribution is -2.24. The second kappa shape index (κ2) is 4.28. The monoisotopic (exact) mass is 164 g/mol. The van der Waals surface area contributed by atoms with Crippen LogP contribution < -0.4 is 0 Å². The zero-order chi connectivity index (χ0) is 8.15. The lowest BCUT2D eigenvalue weighted by molar-refractivity contribution is -0.153. The zero-order valence-corrected chi connectivity index (χ0v) is 6.64. The Labute approximate surface area is 64.3 Å². The van der Waals surface area contributed by atoms with Gasteiger partial charge in [-0.25, -0.2) is 4.79 Å². The van der Waals surface area contributed by atoms with Crippen molar-refractivity contribution in [3.63, 3.8) is 0 Å². The van der Waals surface area contributed by atoms with Crippen molar-refractivity contribution >= 4 is 23.4 Å². The fourth-order valence-electron chi connectivity index (χ4n) is 0.365.